The Morgan fingerprint density at radius 2 is 2.15 bits per heavy atom. The number of hydrogen-bond donors (Lipinski definition) is 0. The SMILES string of the molecule is CCn1cc(S(=O)(=O)N(C)C)cn1. The van der Waals surface area contributed by atoms with Crippen molar-refractivity contribution in [1.29, 1.82) is 0 Å². The van der Waals surface area contributed by atoms with Crippen molar-refractivity contribution in [2.24, 2.45) is 0 Å². The van der Waals surface area contributed by atoms with Gasteiger partial charge >= 0.3 is 0 Å². The summed E-state index contributed by atoms with van der Waals surface area (Å²) in [5.41, 5.74) is 0. The van der Waals surface area contributed by atoms with Gasteiger partial charge in [-0.3, -0.25) is 4.68 Å². The van der Waals surface area contributed by atoms with E-state index in [-0.39, 0.29) is 4.90 Å². The van der Waals surface area contributed by atoms with Gasteiger partial charge in [-0.25, -0.2) is 12.7 Å². The van der Waals surface area contributed by atoms with Crippen molar-refractivity contribution >= 4 is 10.0 Å². The fourth-order valence-corrected chi connectivity index (χ4v) is 1.72. The molecule has 0 spiro atoms. The molecule has 0 fully saturated rings. The van der Waals surface area contributed by atoms with Gasteiger partial charge in [-0.1, -0.05) is 0 Å². The second-order valence-electron chi connectivity index (χ2n) is 2.82. The minimum absolute atomic E-state index is 0.236. The van der Waals surface area contributed by atoms with E-state index < -0.39 is 10.0 Å². The quantitative estimate of drug-likeness (QED) is 0.703. The first-order valence-electron chi connectivity index (χ1n) is 3.93. The van der Waals surface area contributed by atoms with E-state index in [2.05, 4.69) is 5.10 Å². The first-order chi connectivity index (χ1) is 5.98. The Balaban J connectivity index is 3.09. The van der Waals surface area contributed by atoms with Gasteiger partial charge in [0.15, 0.2) is 0 Å². The van der Waals surface area contributed by atoms with Gasteiger partial charge < -0.3 is 0 Å². The summed E-state index contributed by atoms with van der Waals surface area (Å²) < 4.78 is 25.8. The Kier molecular flexibility index (Phi) is 2.72. The van der Waals surface area contributed by atoms with Crippen LogP contribution >= 0.6 is 0 Å². The van der Waals surface area contributed by atoms with E-state index in [1.165, 1.54) is 30.8 Å². The first-order valence-corrected chi connectivity index (χ1v) is 5.37. The van der Waals surface area contributed by atoms with Crippen molar-refractivity contribution in [3.63, 3.8) is 0 Å². The summed E-state index contributed by atoms with van der Waals surface area (Å²) in [5, 5.41) is 3.89. The zero-order chi connectivity index (χ0) is 10.1. The maximum absolute atomic E-state index is 11.5. The van der Waals surface area contributed by atoms with Crippen molar-refractivity contribution in [2.75, 3.05) is 14.1 Å². The second-order valence-corrected chi connectivity index (χ2v) is 4.97. The minimum Gasteiger partial charge on any atom is -0.272 e. The summed E-state index contributed by atoms with van der Waals surface area (Å²) in [7, 11) is -0.319. The van der Waals surface area contributed by atoms with Crippen molar-refractivity contribution in [3.05, 3.63) is 12.4 Å². The molecule has 0 N–H and O–H groups in total. The lowest BCUT2D eigenvalue weighted by Gasteiger charge is -2.07. The summed E-state index contributed by atoms with van der Waals surface area (Å²) >= 11 is 0. The van der Waals surface area contributed by atoms with Crippen LogP contribution in [0.5, 0.6) is 0 Å². The molecule has 74 valence electrons. The lowest BCUT2D eigenvalue weighted by Crippen LogP contribution is -2.21. The molecule has 1 rings (SSSR count). The lowest BCUT2D eigenvalue weighted by atomic mass is 10.7. The molecule has 0 saturated heterocycles. The minimum atomic E-state index is -3.32. The molecular weight excluding hydrogens is 190 g/mol. The van der Waals surface area contributed by atoms with Crippen LogP contribution in [-0.4, -0.2) is 36.6 Å². The van der Waals surface area contributed by atoms with Gasteiger partial charge in [0.25, 0.3) is 0 Å². The normalized spacial score (nSPS) is 12.3. The maximum atomic E-state index is 11.5. The Hall–Kier alpha value is -0.880. The standard InChI is InChI=1S/C7H13N3O2S/c1-4-10-6-7(5-8-10)13(11,12)9(2)3/h5-6H,4H2,1-3H3. The Bertz CT molecular complexity index is 380. The van der Waals surface area contributed by atoms with E-state index in [1.54, 1.807) is 4.68 Å². The van der Waals surface area contributed by atoms with Crippen LogP contribution in [0.25, 0.3) is 0 Å². The third kappa shape index (κ3) is 1.89. The average molecular weight is 203 g/mol. The van der Waals surface area contributed by atoms with Crippen LogP contribution in [0.3, 0.4) is 0 Å². The van der Waals surface area contributed by atoms with E-state index >= 15 is 0 Å². The highest BCUT2D eigenvalue weighted by molar-refractivity contribution is 7.89. The zero-order valence-electron chi connectivity index (χ0n) is 7.93. The highest BCUT2D eigenvalue weighted by Crippen LogP contribution is 2.10. The molecule has 1 heterocycles. The summed E-state index contributed by atoms with van der Waals surface area (Å²) in [4.78, 5) is 0.236. The van der Waals surface area contributed by atoms with Gasteiger partial charge in [-0.05, 0) is 6.92 Å². The molecule has 0 aliphatic carbocycles. The van der Waals surface area contributed by atoms with Crippen LogP contribution in [0.1, 0.15) is 6.92 Å². The van der Waals surface area contributed by atoms with Crippen molar-refractivity contribution in [1.82, 2.24) is 14.1 Å². The molecule has 6 heteroatoms. The summed E-state index contributed by atoms with van der Waals surface area (Å²) in [6, 6.07) is 0. The highest BCUT2D eigenvalue weighted by atomic mass is 32.2. The molecule has 5 nitrogen and oxygen atoms in total. The second kappa shape index (κ2) is 3.47. The van der Waals surface area contributed by atoms with Crippen molar-refractivity contribution < 1.29 is 8.42 Å². The van der Waals surface area contributed by atoms with Gasteiger partial charge in [0.05, 0.1) is 6.20 Å². The zero-order valence-corrected chi connectivity index (χ0v) is 8.74. The predicted octanol–water partition coefficient (Wildman–Crippen LogP) is 0.153. The Labute approximate surface area is 78.0 Å². The fourth-order valence-electron chi connectivity index (χ4n) is 0.862. The van der Waals surface area contributed by atoms with Crippen LogP contribution in [0.2, 0.25) is 0 Å². The maximum Gasteiger partial charge on any atom is 0.245 e. The molecule has 0 unspecified atom stereocenters. The van der Waals surface area contributed by atoms with Crippen LogP contribution in [0, 0.1) is 0 Å². The molecule has 0 bridgehead atoms. The molecular formula is C7H13N3O2S. The summed E-state index contributed by atoms with van der Waals surface area (Å²) in [6.07, 6.45) is 2.88. The number of aromatic nitrogens is 2. The van der Waals surface area contributed by atoms with Crippen LogP contribution in [-0.2, 0) is 16.6 Å². The van der Waals surface area contributed by atoms with E-state index in [4.69, 9.17) is 0 Å². The first kappa shape index (κ1) is 10.2. The molecule has 0 radical (unpaired) electrons. The molecule has 0 aromatic carbocycles. The fraction of sp³-hybridized carbons (Fsp3) is 0.571. The number of nitrogens with zero attached hydrogens (tertiary/aromatic N) is 3. The van der Waals surface area contributed by atoms with Crippen molar-refractivity contribution in [2.45, 2.75) is 18.4 Å². The predicted molar refractivity (Wildman–Crippen MR) is 48.8 cm³/mol. The molecule has 0 aliphatic rings. The molecule has 0 aliphatic heterocycles. The van der Waals surface area contributed by atoms with E-state index in [0.29, 0.717) is 6.54 Å². The summed E-state index contributed by atoms with van der Waals surface area (Å²) in [5.74, 6) is 0. The molecule has 1 aromatic rings. The van der Waals surface area contributed by atoms with E-state index in [9.17, 15) is 8.42 Å². The van der Waals surface area contributed by atoms with E-state index in [0.717, 1.165) is 0 Å². The smallest absolute Gasteiger partial charge is 0.245 e. The molecule has 0 amide bonds. The van der Waals surface area contributed by atoms with Gasteiger partial charge in [-0.15, -0.1) is 0 Å². The van der Waals surface area contributed by atoms with Gasteiger partial charge in [-0.2, -0.15) is 5.10 Å². The van der Waals surface area contributed by atoms with E-state index in [1.807, 2.05) is 6.92 Å². The van der Waals surface area contributed by atoms with Gasteiger partial charge in [0, 0.05) is 26.8 Å². The molecule has 1 aromatic heterocycles. The topological polar surface area (TPSA) is 55.2 Å². The third-order valence-electron chi connectivity index (χ3n) is 1.71. The van der Waals surface area contributed by atoms with Gasteiger partial charge in [0.1, 0.15) is 4.90 Å². The van der Waals surface area contributed by atoms with Crippen LogP contribution in [0.4, 0.5) is 0 Å². The number of rotatable bonds is 3. The largest absolute Gasteiger partial charge is 0.272 e. The average Bonchev–Trinajstić information content (AvgIpc) is 2.51. The highest BCUT2D eigenvalue weighted by Gasteiger charge is 2.18. The summed E-state index contributed by atoms with van der Waals surface area (Å²) in [6.45, 7) is 2.57. The van der Waals surface area contributed by atoms with Crippen LogP contribution in [0.15, 0.2) is 17.3 Å². The number of hydrogen-bond acceptors (Lipinski definition) is 3. The van der Waals surface area contributed by atoms with Gasteiger partial charge in [0.2, 0.25) is 10.0 Å². The number of sulfonamides is 1. The monoisotopic (exact) mass is 203 g/mol. The lowest BCUT2D eigenvalue weighted by molar-refractivity contribution is 0.520. The molecule has 0 atom stereocenters. The Morgan fingerprint density at radius 3 is 2.54 bits per heavy atom. The number of aryl methyl sites for hydroxylation is 1. The molecule has 13 heavy (non-hydrogen) atoms. The third-order valence-corrected chi connectivity index (χ3v) is 3.48. The van der Waals surface area contributed by atoms with Crippen LogP contribution < -0.4 is 0 Å². The van der Waals surface area contributed by atoms with Crippen molar-refractivity contribution in [3.8, 4) is 0 Å². The Morgan fingerprint density at radius 1 is 1.54 bits per heavy atom. The molecule has 0 saturated carbocycles.